The van der Waals surface area contributed by atoms with Crippen molar-refractivity contribution < 1.29 is 4.79 Å². The zero-order chi connectivity index (χ0) is 8.72. The van der Waals surface area contributed by atoms with Crippen LogP contribution in [0.25, 0.3) is 0 Å². The second kappa shape index (κ2) is 2.73. The molecular formula is C9H16N2O. The van der Waals surface area contributed by atoms with Gasteiger partial charge in [0.05, 0.1) is 0 Å². The van der Waals surface area contributed by atoms with Crippen LogP contribution < -0.4 is 0 Å². The number of likely N-dealkylation sites (N-methyl/N-ethyl adjacent to an activating group) is 2. The number of rotatable bonds is 0. The SMILES string of the molecule is CN1C[C@@H]2CC[C@H](CC1=O)N2C. The molecule has 0 aromatic heterocycles. The van der Waals surface area contributed by atoms with Crippen LogP contribution in [0.4, 0.5) is 0 Å². The summed E-state index contributed by atoms with van der Waals surface area (Å²) < 4.78 is 0. The van der Waals surface area contributed by atoms with Gasteiger partial charge in [-0.25, -0.2) is 0 Å². The minimum atomic E-state index is 0.314. The van der Waals surface area contributed by atoms with E-state index >= 15 is 0 Å². The van der Waals surface area contributed by atoms with Gasteiger partial charge in [-0.05, 0) is 19.9 Å². The summed E-state index contributed by atoms with van der Waals surface area (Å²) in [5, 5.41) is 0. The van der Waals surface area contributed by atoms with E-state index in [4.69, 9.17) is 0 Å². The quantitative estimate of drug-likeness (QED) is 0.520. The van der Waals surface area contributed by atoms with Gasteiger partial charge in [0.1, 0.15) is 0 Å². The van der Waals surface area contributed by atoms with Crippen molar-refractivity contribution in [1.29, 1.82) is 0 Å². The molecule has 2 fully saturated rings. The minimum Gasteiger partial charge on any atom is -0.344 e. The first kappa shape index (κ1) is 8.05. The summed E-state index contributed by atoms with van der Waals surface area (Å²) in [5.41, 5.74) is 0. The number of carbonyl (C=O) groups is 1. The van der Waals surface area contributed by atoms with Crippen molar-refractivity contribution in [3.05, 3.63) is 0 Å². The Morgan fingerprint density at radius 1 is 1.25 bits per heavy atom. The van der Waals surface area contributed by atoms with Gasteiger partial charge in [0, 0.05) is 32.1 Å². The fraction of sp³-hybridized carbons (Fsp3) is 0.889. The van der Waals surface area contributed by atoms with E-state index in [9.17, 15) is 4.79 Å². The summed E-state index contributed by atoms with van der Waals surface area (Å²) >= 11 is 0. The van der Waals surface area contributed by atoms with Crippen LogP contribution in [0.15, 0.2) is 0 Å². The van der Waals surface area contributed by atoms with Gasteiger partial charge in [0.15, 0.2) is 0 Å². The lowest BCUT2D eigenvalue weighted by molar-refractivity contribution is -0.130. The summed E-state index contributed by atoms with van der Waals surface area (Å²) in [6, 6.07) is 1.14. The van der Waals surface area contributed by atoms with Crippen molar-refractivity contribution in [2.24, 2.45) is 0 Å². The monoisotopic (exact) mass is 168 g/mol. The Hall–Kier alpha value is -0.570. The number of fused-ring (bicyclic) bond motifs is 2. The van der Waals surface area contributed by atoms with Gasteiger partial charge < -0.3 is 4.90 Å². The third-order valence-electron chi connectivity index (χ3n) is 3.31. The summed E-state index contributed by atoms with van der Waals surface area (Å²) in [6.07, 6.45) is 3.20. The molecule has 3 nitrogen and oxygen atoms in total. The van der Waals surface area contributed by atoms with Crippen molar-refractivity contribution in [3.63, 3.8) is 0 Å². The number of hydrogen-bond donors (Lipinski definition) is 0. The Labute approximate surface area is 73.3 Å². The van der Waals surface area contributed by atoms with E-state index in [0.29, 0.717) is 18.0 Å². The van der Waals surface area contributed by atoms with E-state index < -0.39 is 0 Å². The molecule has 12 heavy (non-hydrogen) atoms. The third-order valence-corrected chi connectivity index (χ3v) is 3.31. The van der Waals surface area contributed by atoms with E-state index in [2.05, 4.69) is 11.9 Å². The lowest BCUT2D eigenvalue weighted by Crippen LogP contribution is -2.35. The average Bonchev–Trinajstić information content (AvgIpc) is 2.30. The van der Waals surface area contributed by atoms with Gasteiger partial charge in [-0.2, -0.15) is 0 Å². The zero-order valence-corrected chi connectivity index (χ0v) is 7.79. The second-order valence-electron chi connectivity index (χ2n) is 4.03. The summed E-state index contributed by atoms with van der Waals surface area (Å²) in [5.74, 6) is 0.314. The van der Waals surface area contributed by atoms with Crippen LogP contribution in [0.5, 0.6) is 0 Å². The van der Waals surface area contributed by atoms with Crippen molar-refractivity contribution in [3.8, 4) is 0 Å². The summed E-state index contributed by atoms with van der Waals surface area (Å²) in [6.45, 7) is 0.922. The summed E-state index contributed by atoms with van der Waals surface area (Å²) in [4.78, 5) is 15.7. The lowest BCUT2D eigenvalue weighted by atomic mass is 10.1. The molecule has 1 amide bonds. The molecule has 0 aromatic carbocycles. The van der Waals surface area contributed by atoms with Crippen molar-refractivity contribution in [2.75, 3.05) is 20.6 Å². The average molecular weight is 168 g/mol. The first-order valence-corrected chi connectivity index (χ1v) is 4.64. The molecule has 68 valence electrons. The van der Waals surface area contributed by atoms with Gasteiger partial charge in [-0.15, -0.1) is 0 Å². The highest BCUT2D eigenvalue weighted by atomic mass is 16.2. The summed E-state index contributed by atoms with van der Waals surface area (Å²) in [7, 11) is 4.06. The van der Waals surface area contributed by atoms with E-state index in [1.54, 1.807) is 0 Å². The Balaban J connectivity index is 2.16. The maximum Gasteiger partial charge on any atom is 0.223 e. The fourth-order valence-corrected chi connectivity index (χ4v) is 2.33. The molecule has 0 saturated carbocycles. The van der Waals surface area contributed by atoms with Gasteiger partial charge in [0.25, 0.3) is 0 Å². The Kier molecular flexibility index (Phi) is 1.83. The molecule has 2 saturated heterocycles. The molecule has 0 spiro atoms. The third kappa shape index (κ3) is 1.12. The first-order valence-electron chi connectivity index (χ1n) is 4.64. The van der Waals surface area contributed by atoms with Gasteiger partial charge in [-0.3, -0.25) is 9.69 Å². The number of amides is 1. The molecule has 0 aliphatic carbocycles. The Bertz CT molecular complexity index is 205. The number of likely N-dealkylation sites (tertiary alicyclic amines) is 1. The lowest BCUT2D eigenvalue weighted by Gasteiger charge is -2.22. The molecule has 2 aliphatic heterocycles. The van der Waals surface area contributed by atoms with Crippen LogP contribution in [0.1, 0.15) is 19.3 Å². The molecule has 2 rings (SSSR count). The molecule has 3 heteroatoms. The molecule has 0 unspecified atom stereocenters. The van der Waals surface area contributed by atoms with Crippen molar-refractivity contribution >= 4 is 5.91 Å². The molecule has 2 atom stereocenters. The minimum absolute atomic E-state index is 0.314. The normalized spacial score (nSPS) is 37.2. The highest BCUT2D eigenvalue weighted by Gasteiger charge is 2.36. The van der Waals surface area contributed by atoms with E-state index in [1.165, 1.54) is 12.8 Å². The predicted molar refractivity (Wildman–Crippen MR) is 46.8 cm³/mol. The van der Waals surface area contributed by atoms with E-state index in [0.717, 1.165) is 13.0 Å². The van der Waals surface area contributed by atoms with Crippen LogP contribution in [-0.2, 0) is 4.79 Å². The predicted octanol–water partition coefficient (Wildman–Crippen LogP) is 0.311. The highest BCUT2D eigenvalue weighted by Crippen LogP contribution is 2.28. The van der Waals surface area contributed by atoms with Crippen LogP contribution in [-0.4, -0.2) is 48.4 Å². The van der Waals surface area contributed by atoms with Crippen molar-refractivity contribution in [2.45, 2.75) is 31.3 Å². The second-order valence-corrected chi connectivity index (χ2v) is 4.03. The molecule has 2 bridgehead atoms. The van der Waals surface area contributed by atoms with Gasteiger partial charge in [0.2, 0.25) is 5.91 Å². The van der Waals surface area contributed by atoms with E-state index in [-0.39, 0.29) is 0 Å². The smallest absolute Gasteiger partial charge is 0.223 e. The largest absolute Gasteiger partial charge is 0.344 e. The van der Waals surface area contributed by atoms with E-state index in [1.807, 2.05) is 11.9 Å². The van der Waals surface area contributed by atoms with Crippen LogP contribution in [0, 0.1) is 0 Å². The maximum absolute atomic E-state index is 11.4. The molecule has 0 aromatic rings. The van der Waals surface area contributed by atoms with Crippen molar-refractivity contribution in [1.82, 2.24) is 9.80 Å². The van der Waals surface area contributed by atoms with Gasteiger partial charge >= 0.3 is 0 Å². The maximum atomic E-state index is 11.4. The first-order chi connectivity index (χ1) is 5.68. The molecule has 2 aliphatic rings. The fourth-order valence-electron chi connectivity index (χ4n) is 2.33. The zero-order valence-electron chi connectivity index (χ0n) is 7.79. The van der Waals surface area contributed by atoms with Crippen LogP contribution in [0.2, 0.25) is 0 Å². The number of hydrogen-bond acceptors (Lipinski definition) is 2. The standard InChI is InChI=1S/C9H16N2O/c1-10-6-8-4-3-7(11(8)2)5-9(10)12/h7-8H,3-6H2,1-2H3/t7-,8+/m1/s1. The molecule has 2 heterocycles. The topological polar surface area (TPSA) is 23.6 Å². The highest BCUT2D eigenvalue weighted by molar-refractivity contribution is 5.77. The molecule has 0 radical (unpaired) electrons. The Morgan fingerprint density at radius 3 is 2.67 bits per heavy atom. The Morgan fingerprint density at radius 2 is 1.92 bits per heavy atom. The van der Waals surface area contributed by atoms with Gasteiger partial charge in [-0.1, -0.05) is 0 Å². The number of nitrogens with zero attached hydrogens (tertiary/aromatic N) is 2. The van der Waals surface area contributed by atoms with Crippen LogP contribution in [0.3, 0.4) is 0 Å². The molecular weight excluding hydrogens is 152 g/mol. The molecule has 0 N–H and O–H groups in total. The number of carbonyl (C=O) groups excluding carboxylic acids is 1. The van der Waals surface area contributed by atoms with Crippen LogP contribution >= 0.6 is 0 Å².